The van der Waals surface area contributed by atoms with Crippen LogP contribution in [0.2, 0.25) is 0 Å². The molecule has 22 heavy (non-hydrogen) atoms. The minimum absolute atomic E-state index is 0.0925. The number of carbonyl (C=O) groups excluding carboxylic acids is 1. The van der Waals surface area contributed by atoms with Crippen LogP contribution >= 0.6 is 0 Å². The Morgan fingerprint density at radius 3 is 2.59 bits per heavy atom. The summed E-state index contributed by atoms with van der Waals surface area (Å²) in [6.07, 6.45) is 0.794. The summed E-state index contributed by atoms with van der Waals surface area (Å²) in [5.74, 6) is 1.38. The summed E-state index contributed by atoms with van der Waals surface area (Å²) in [6.45, 7) is 2.95. The van der Waals surface area contributed by atoms with Crippen LogP contribution in [0.5, 0.6) is 11.5 Å². The molecule has 1 aliphatic heterocycles. The molecule has 0 saturated carbocycles. The highest BCUT2D eigenvalue weighted by molar-refractivity contribution is 5.94. The van der Waals surface area contributed by atoms with Gasteiger partial charge in [-0.1, -0.05) is 31.2 Å². The van der Waals surface area contributed by atoms with Crippen molar-refractivity contribution < 1.29 is 14.3 Å². The summed E-state index contributed by atoms with van der Waals surface area (Å²) >= 11 is 0. The van der Waals surface area contributed by atoms with E-state index in [2.05, 4.69) is 12.2 Å². The number of rotatable bonds is 4. The van der Waals surface area contributed by atoms with Gasteiger partial charge in [0, 0.05) is 5.56 Å². The molecule has 0 bridgehead atoms. The molecule has 3 rings (SSSR count). The molecule has 1 atom stereocenters. The first-order chi connectivity index (χ1) is 10.8. The fraction of sp³-hybridized carbons (Fsp3) is 0.278. The predicted molar refractivity (Wildman–Crippen MR) is 84.5 cm³/mol. The standard InChI is InChI=1S/C18H19NO3/c1-2-13-7-9-14(10-8-13)18(20)19-11-15-12-21-16-5-3-4-6-17(16)22-15/h3-10,15H,2,11-12H2,1H3,(H,19,20)/t15-/m1/s1. The molecule has 0 aromatic heterocycles. The fourth-order valence-electron chi connectivity index (χ4n) is 2.36. The van der Waals surface area contributed by atoms with Crippen LogP contribution in [0.1, 0.15) is 22.8 Å². The molecule has 2 aromatic rings. The lowest BCUT2D eigenvalue weighted by Gasteiger charge is -2.26. The van der Waals surface area contributed by atoms with Crippen molar-refractivity contribution in [1.82, 2.24) is 5.32 Å². The number of benzene rings is 2. The number of carbonyl (C=O) groups is 1. The van der Waals surface area contributed by atoms with Gasteiger partial charge in [0.2, 0.25) is 0 Å². The molecule has 114 valence electrons. The van der Waals surface area contributed by atoms with Gasteiger partial charge in [-0.2, -0.15) is 0 Å². The molecule has 0 fully saturated rings. The Bertz CT molecular complexity index is 652. The lowest BCUT2D eigenvalue weighted by atomic mass is 10.1. The number of nitrogens with one attached hydrogen (secondary N) is 1. The first-order valence-corrected chi connectivity index (χ1v) is 7.52. The third kappa shape index (κ3) is 3.22. The third-order valence-electron chi connectivity index (χ3n) is 3.68. The summed E-state index contributed by atoms with van der Waals surface area (Å²) in [5.41, 5.74) is 1.88. The second-order valence-corrected chi connectivity index (χ2v) is 5.26. The molecular weight excluding hydrogens is 278 g/mol. The highest BCUT2D eigenvalue weighted by Gasteiger charge is 2.21. The summed E-state index contributed by atoms with van der Waals surface area (Å²) in [6, 6.07) is 15.2. The third-order valence-corrected chi connectivity index (χ3v) is 3.68. The van der Waals surface area contributed by atoms with Crippen molar-refractivity contribution in [3.8, 4) is 11.5 Å². The molecule has 4 heteroatoms. The average Bonchev–Trinajstić information content (AvgIpc) is 2.59. The number of ether oxygens (including phenoxy) is 2. The molecule has 0 saturated heterocycles. The Balaban J connectivity index is 1.55. The first kappa shape index (κ1) is 14.4. The second kappa shape index (κ2) is 6.52. The Hall–Kier alpha value is -2.49. The molecule has 1 amide bonds. The monoisotopic (exact) mass is 297 g/mol. The Labute approximate surface area is 130 Å². The maximum absolute atomic E-state index is 12.1. The van der Waals surface area contributed by atoms with E-state index in [0.717, 1.165) is 17.9 Å². The van der Waals surface area contributed by atoms with Crippen LogP contribution in [0, 0.1) is 0 Å². The van der Waals surface area contributed by atoms with Crippen molar-refractivity contribution in [3.05, 3.63) is 59.7 Å². The van der Waals surface area contributed by atoms with E-state index in [0.29, 0.717) is 18.7 Å². The van der Waals surface area contributed by atoms with Gasteiger partial charge in [0.25, 0.3) is 5.91 Å². The fourth-order valence-corrected chi connectivity index (χ4v) is 2.36. The van der Waals surface area contributed by atoms with Crippen LogP contribution in [-0.4, -0.2) is 25.2 Å². The molecule has 1 heterocycles. The zero-order chi connectivity index (χ0) is 15.4. The normalized spacial score (nSPS) is 16.1. The highest BCUT2D eigenvalue weighted by Crippen LogP contribution is 2.30. The van der Waals surface area contributed by atoms with Crippen LogP contribution in [0.4, 0.5) is 0 Å². The molecule has 0 unspecified atom stereocenters. The van der Waals surface area contributed by atoms with Crippen molar-refractivity contribution in [2.45, 2.75) is 19.4 Å². The van der Waals surface area contributed by atoms with Gasteiger partial charge in [0.15, 0.2) is 11.5 Å². The zero-order valence-electron chi connectivity index (χ0n) is 12.5. The lowest BCUT2D eigenvalue weighted by Crippen LogP contribution is -2.40. The topological polar surface area (TPSA) is 47.6 Å². The number of hydrogen-bond acceptors (Lipinski definition) is 3. The Kier molecular flexibility index (Phi) is 4.28. The van der Waals surface area contributed by atoms with Gasteiger partial charge in [0.05, 0.1) is 6.54 Å². The van der Waals surface area contributed by atoms with Crippen LogP contribution in [0.25, 0.3) is 0 Å². The minimum atomic E-state index is -0.172. The zero-order valence-corrected chi connectivity index (χ0v) is 12.5. The number of aryl methyl sites for hydroxylation is 1. The molecule has 1 N–H and O–H groups in total. The summed E-state index contributed by atoms with van der Waals surface area (Å²) in [4.78, 5) is 12.1. The van der Waals surface area contributed by atoms with Gasteiger partial charge in [0.1, 0.15) is 12.7 Å². The molecule has 1 aliphatic rings. The predicted octanol–water partition coefficient (Wildman–Crippen LogP) is 2.82. The average molecular weight is 297 g/mol. The maximum atomic E-state index is 12.1. The molecule has 4 nitrogen and oxygen atoms in total. The van der Waals surface area contributed by atoms with Crippen molar-refractivity contribution >= 4 is 5.91 Å². The quantitative estimate of drug-likeness (QED) is 0.944. The van der Waals surface area contributed by atoms with Gasteiger partial charge >= 0.3 is 0 Å². The van der Waals surface area contributed by atoms with E-state index in [1.165, 1.54) is 5.56 Å². The molecule has 0 aliphatic carbocycles. The maximum Gasteiger partial charge on any atom is 0.251 e. The van der Waals surface area contributed by atoms with Gasteiger partial charge in [-0.05, 0) is 36.2 Å². The highest BCUT2D eigenvalue weighted by atomic mass is 16.6. The first-order valence-electron chi connectivity index (χ1n) is 7.52. The van der Waals surface area contributed by atoms with Crippen LogP contribution in [0.15, 0.2) is 48.5 Å². The van der Waals surface area contributed by atoms with E-state index in [-0.39, 0.29) is 12.0 Å². The van der Waals surface area contributed by atoms with Crippen molar-refractivity contribution in [3.63, 3.8) is 0 Å². The Morgan fingerprint density at radius 2 is 1.86 bits per heavy atom. The van der Waals surface area contributed by atoms with E-state index in [1.54, 1.807) is 0 Å². The molecule has 0 spiro atoms. The van der Waals surface area contributed by atoms with Crippen molar-refractivity contribution in [2.24, 2.45) is 0 Å². The lowest BCUT2D eigenvalue weighted by molar-refractivity contribution is 0.0789. The van der Waals surface area contributed by atoms with Crippen LogP contribution in [0.3, 0.4) is 0 Å². The molecule has 2 aromatic carbocycles. The van der Waals surface area contributed by atoms with Crippen molar-refractivity contribution in [2.75, 3.05) is 13.2 Å². The van der Waals surface area contributed by atoms with Crippen LogP contribution < -0.4 is 14.8 Å². The summed E-state index contributed by atoms with van der Waals surface area (Å²) in [7, 11) is 0. The van der Waals surface area contributed by atoms with E-state index < -0.39 is 0 Å². The smallest absolute Gasteiger partial charge is 0.251 e. The minimum Gasteiger partial charge on any atom is -0.486 e. The molecular formula is C18H19NO3. The molecule has 0 radical (unpaired) electrons. The summed E-state index contributed by atoms with van der Waals surface area (Å²) in [5, 5.41) is 2.89. The van der Waals surface area contributed by atoms with E-state index in [4.69, 9.17) is 9.47 Å². The van der Waals surface area contributed by atoms with Gasteiger partial charge < -0.3 is 14.8 Å². The number of hydrogen-bond donors (Lipinski definition) is 1. The Morgan fingerprint density at radius 1 is 1.14 bits per heavy atom. The van der Waals surface area contributed by atoms with Gasteiger partial charge in [-0.25, -0.2) is 0 Å². The van der Waals surface area contributed by atoms with E-state index in [9.17, 15) is 4.79 Å². The SMILES string of the molecule is CCc1ccc(C(=O)NC[C@@H]2COc3ccccc3O2)cc1. The largest absolute Gasteiger partial charge is 0.486 e. The number of amides is 1. The summed E-state index contributed by atoms with van der Waals surface area (Å²) < 4.78 is 11.4. The second-order valence-electron chi connectivity index (χ2n) is 5.26. The van der Waals surface area contributed by atoms with E-state index in [1.807, 2.05) is 48.5 Å². The van der Waals surface area contributed by atoms with Gasteiger partial charge in [-0.3, -0.25) is 4.79 Å². The number of para-hydroxylation sites is 2. The van der Waals surface area contributed by atoms with E-state index >= 15 is 0 Å². The number of fused-ring (bicyclic) bond motifs is 1. The van der Waals surface area contributed by atoms with Crippen LogP contribution in [-0.2, 0) is 6.42 Å². The van der Waals surface area contributed by atoms with Crippen molar-refractivity contribution in [1.29, 1.82) is 0 Å². The van der Waals surface area contributed by atoms with Gasteiger partial charge in [-0.15, -0.1) is 0 Å².